The van der Waals surface area contributed by atoms with E-state index in [1.165, 1.54) is 7.11 Å². The number of hydrogen-bond acceptors (Lipinski definition) is 4. The molecule has 0 spiro atoms. The highest BCUT2D eigenvalue weighted by molar-refractivity contribution is 5.73. The van der Waals surface area contributed by atoms with Gasteiger partial charge in [0.15, 0.2) is 11.5 Å². The lowest BCUT2D eigenvalue weighted by atomic mass is 10.3. The number of esters is 1. The van der Waals surface area contributed by atoms with Crippen molar-refractivity contribution in [3.05, 3.63) is 24.3 Å². The van der Waals surface area contributed by atoms with Crippen LogP contribution in [0.3, 0.4) is 0 Å². The Morgan fingerprint density at radius 3 is 2.57 bits per heavy atom. The Bertz CT molecular complexity index is 312. The van der Waals surface area contributed by atoms with E-state index < -0.39 is 0 Å². The van der Waals surface area contributed by atoms with Gasteiger partial charge in [-0.3, -0.25) is 4.79 Å². The number of ether oxygens (including phenoxy) is 2. The van der Waals surface area contributed by atoms with Gasteiger partial charge >= 0.3 is 5.97 Å². The zero-order valence-electron chi connectivity index (χ0n) is 8.03. The molecular weight excluding hydrogens is 182 g/mol. The second-order valence-electron chi connectivity index (χ2n) is 2.66. The van der Waals surface area contributed by atoms with E-state index in [-0.39, 0.29) is 18.9 Å². The molecule has 0 aliphatic heterocycles. The van der Waals surface area contributed by atoms with Crippen LogP contribution < -0.4 is 15.2 Å². The lowest BCUT2D eigenvalue weighted by Gasteiger charge is -2.07. The fourth-order valence-corrected chi connectivity index (χ4v) is 0.995. The Labute approximate surface area is 82.6 Å². The summed E-state index contributed by atoms with van der Waals surface area (Å²) in [5.41, 5.74) is 5.22. The summed E-state index contributed by atoms with van der Waals surface area (Å²) in [7, 11) is 1.52. The van der Waals surface area contributed by atoms with Crippen molar-refractivity contribution in [2.24, 2.45) is 5.73 Å². The van der Waals surface area contributed by atoms with Gasteiger partial charge in [-0.2, -0.15) is 0 Å². The molecule has 0 amide bonds. The van der Waals surface area contributed by atoms with Gasteiger partial charge in [0.25, 0.3) is 0 Å². The van der Waals surface area contributed by atoms with Crippen molar-refractivity contribution in [3.8, 4) is 11.5 Å². The van der Waals surface area contributed by atoms with Crippen molar-refractivity contribution in [1.82, 2.24) is 0 Å². The molecule has 0 radical (unpaired) electrons. The molecule has 0 saturated heterocycles. The average molecular weight is 195 g/mol. The van der Waals surface area contributed by atoms with Gasteiger partial charge in [-0.15, -0.1) is 0 Å². The number of rotatable bonds is 4. The summed E-state index contributed by atoms with van der Waals surface area (Å²) in [4.78, 5) is 11.1. The van der Waals surface area contributed by atoms with E-state index in [1.807, 2.05) is 0 Å². The van der Waals surface area contributed by atoms with Gasteiger partial charge in [0.05, 0.1) is 13.5 Å². The monoisotopic (exact) mass is 195 g/mol. The second-order valence-corrected chi connectivity index (χ2v) is 2.66. The van der Waals surface area contributed by atoms with Crippen LogP contribution in [0.25, 0.3) is 0 Å². The molecule has 1 aromatic rings. The topological polar surface area (TPSA) is 61.5 Å². The van der Waals surface area contributed by atoms with Crippen molar-refractivity contribution >= 4 is 5.97 Å². The predicted octanol–water partition coefficient (Wildman–Crippen LogP) is 0.949. The van der Waals surface area contributed by atoms with Crippen LogP contribution in [-0.2, 0) is 4.79 Å². The molecule has 0 fully saturated rings. The average Bonchev–Trinajstić information content (AvgIpc) is 2.19. The Kier molecular flexibility index (Phi) is 3.94. The lowest BCUT2D eigenvalue weighted by molar-refractivity contribution is -0.134. The number of para-hydroxylation sites is 2. The van der Waals surface area contributed by atoms with Crippen LogP contribution >= 0.6 is 0 Å². The third-order valence-electron chi connectivity index (χ3n) is 1.64. The Morgan fingerprint density at radius 2 is 2.00 bits per heavy atom. The van der Waals surface area contributed by atoms with Crippen LogP contribution in [-0.4, -0.2) is 19.6 Å². The first kappa shape index (κ1) is 10.5. The third-order valence-corrected chi connectivity index (χ3v) is 1.64. The summed E-state index contributed by atoms with van der Waals surface area (Å²) in [5.74, 6) is 0.614. The molecule has 0 atom stereocenters. The van der Waals surface area contributed by atoms with Crippen molar-refractivity contribution < 1.29 is 14.3 Å². The summed E-state index contributed by atoms with van der Waals surface area (Å²) in [6.45, 7) is 0.286. The largest absolute Gasteiger partial charge is 0.493 e. The fraction of sp³-hybridized carbons (Fsp3) is 0.300. The van der Waals surface area contributed by atoms with Crippen LogP contribution in [0.5, 0.6) is 11.5 Å². The third kappa shape index (κ3) is 2.74. The Hall–Kier alpha value is -1.55. The lowest BCUT2D eigenvalue weighted by Crippen LogP contribution is -2.13. The molecule has 0 aliphatic rings. The molecule has 0 aliphatic carbocycles. The molecule has 0 bridgehead atoms. The van der Waals surface area contributed by atoms with Crippen LogP contribution in [0, 0.1) is 0 Å². The Morgan fingerprint density at radius 1 is 1.36 bits per heavy atom. The standard InChI is InChI=1S/C10H13NO3/c1-13-8-4-2-3-5-9(8)14-10(12)6-7-11/h2-5H,6-7,11H2,1H3. The quantitative estimate of drug-likeness (QED) is 0.574. The number of hydrogen-bond donors (Lipinski definition) is 1. The van der Waals surface area contributed by atoms with Gasteiger partial charge in [-0.25, -0.2) is 0 Å². The smallest absolute Gasteiger partial charge is 0.312 e. The molecule has 0 saturated carbocycles. The molecule has 2 N–H and O–H groups in total. The van der Waals surface area contributed by atoms with Crippen molar-refractivity contribution in [3.63, 3.8) is 0 Å². The van der Waals surface area contributed by atoms with Crippen LogP contribution in [0.2, 0.25) is 0 Å². The number of methoxy groups -OCH3 is 1. The fourth-order valence-electron chi connectivity index (χ4n) is 0.995. The maximum absolute atomic E-state index is 11.1. The minimum absolute atomic E-state index is 0.206. The minimum Gasteiger partial charge on any atom is -0.493 e. The number of benzene rings is 1. The predicted molar refractivity (Wildman–Crippen MR) is 52.3 cm³/mol. The molecule has 0 unspecified atom stereocenters. The number of carbonyl (C=O) groups excluding carboxylic acids is 1. The van der Waals surface area contributed by atoms with Gasteiger partial charge < -0.3 is 15.2 Å². The molecule has 4 heteroatoms. The summed E-state index contributed by atoms with van der Waals surface area (Å²) in [6.07, 6.45) is 0.206. The SMILES string of the molecule is COc1ccccc1OC(=O)CCN. The Balaban J connectivity index is 2.70. The maximum atomic E-state index is 11.1. The normalized spacial score (nSPS) is 9.57. The molecule has 0 heterocycles. The molecule has 14 heavy (non-hydrogen) atoms. The first-order valence-electron chi connectivity index (χ1n) is 4.31. The summed E-state index contributed by atoms with van der Waals surface area (Å²) in [6, 6.07) is 6.98. The molecule has 76 valence electrons. The summed E-state index contributed by atoms with van der Waals surface area (Å²) < 4.78 is 10.0. The van der Waals surface area contributed by atoms with Crippen molar-refractivity contribution in [2.75, 3.05) is 13.7 Å². The van der Waals surface area contributed by atoms with Gasteiger partial charge in [-0.05, 0) is 12.1 Å². The van der Waals surface area contributed by atoms with E-state index in [0.717, 1.165) is 0 Å². The zero-order chi connectivity index (χ0) is 10.4. The molecule has 4 nitrogen and oxygen atoms in total. The van der Waals surface area contributed by atoms with Gasteiger partial charge in [0.2, 0.25) is 0 Å². The highest BCUT2D eigenvalue weighted by Crippen LogP contribution is 2.25. The van der Waals surface area contributed by atoms with Crippen LogP contribution in [0.4, 0.5) is 0 Å². The maximum Gasteiger partial charge on any atom is 0.312 e. The van der Waals surface area contributed by atoms with Crippen LogP contribution in [0.1, 0.15) is 6.42 Å². The van der Waals surface area contributed by atoms with E-state index in [9.17, 15) is 4.79 Å². The van der Waals surface area contributed by atoms with Gasteiger partial charge in [0.1, 0.15) is 0 Å². The number of carbonyl (C=O) groups is 1. The molecular formula is C10H13NO3. The highest BCUT2D eigenvalue weighted by Gasteiger charge is 2.07. The van der Waals surface area contributed by atoms with Crippen LogP contribution in [0.15, 0.2) is 24.3 Å². The first-order valence-corrected chi connectivity index (χ1v) is 4.31. The van der Waals surface area contributed by atoms with E-state index in [4.69, 9.17) is 15.2 Å². The van der Waals surface area contributed by atoms with E-state index >= 15 is 0 Å². The minimum atomic E-state index is -0.350. The highest BCUT2D eigenvalue weighted by atomic mass is 16.6. The van der Waals surface area contributed by atoms with E-state index in [1.54, 1.807) is 24.3 Å². The van der Waals surface area contributed by atoms with Crippen molar-refractivity contribution in [2.45, 2.75) is 6.42 Å². The van der Waals surface area contributed by atoms with E-state index in [2.05, 4.69) is 0 Å². The zero-order valence-corrected chi connectivity index (χ0v) is 8.03. The van der Waals surface area contributed by atoms with Gasteiger partial charge in [-0.1, -0.05) is 12.1 Å². The number of nitrogens with two attached hydrogens (primary N) is 1. The summed E-state index contributed by atoms with van der Waals surface area (Å²) >= 11 is 0. The van der Waals surface area contributed by atoms with Gasteiger partial charge in [0, 0.05) is 6.54 Å². The van der Waals surface area contributed by atoms with Crippen molar-refractivity contribution in [1.29, 1.82) is 0 Å². The van der Waals surface area contributed by atoms with E-state index in [0.29, 0.717) is 11.5 Å². The first-order chi connectivity index (χ1) is 6.77. The second kappa shape index (κ2) is 5.24. The molecule has 0 aromatic heterocycles. The summed E-state index contributed by atoms with van der Waals surface area (Å²) in [5, 5.41) is 0. The molecule has 1 aromatic carbocycles. The molecule has 1 rings (SSSR count).